The number of aliphatic carboxylic acids is 1. The summed E-state index contributed by atoms with van der Waals surface area (Å²) in [4.78, 5) is 26.5. The van der Waals surface area contributed by atoms with E-state index in [1.807, 2.05) is 0 Å². The molecule has 0 amide bonds. The average Bonchev–Trinajstić information content (AvgIpc) is 2.96. The third-order valence-corrected chi connectivity index (χ3v) is 6.28. The maximum absolute atomic E-state index is 11.6. The molecule has 42 heavy (non-hydrogen) atoms. The van der Waals surface area contributed by atoms with Crippen molar-refractivity contribution in [1.29, 1.82) is 0 Å². The highest BCUT2D eigenvalue weighted by atomic mass is 32.2. The first-order valence-corrected chi connectivity index (χ1v) is 13.3. The van der Waals surface area contributed by atoms with Crippen molar-refractivity contribution in [3.8, 4) is 5.75 Å². The minimum absolute atomic E-state index is 0.202. The lowest BCUT2D eigenvalue weighted by Crippen LogP contribution is -2.16. The van der Waals surface area contributed by atoms with Crippen molar-refractivity contribution in [3.63, 3.8) is 0 Å². The fourth-order valence-corrected chi connectivity index (χ4v) is 3.95. The highest BCUT2D eigenvalue weighted by Crippen LogP contribution is 2.33. The summed E-state index contributed by atoms with van der Waals surface area (Å²) in [5, 5.41) is 34.2. The van der Waals surface area contributed by atoms with Gasteiger partial charge in [-0.2, -0.15) is 28.7 Å². The fourth-order valence-electron chi connectivity index (χ4n) is 3.43. The summed E-state index contributed by atoms with van der Waals surface area (Å²) in [6, 6.07) is 16.0. The van der Waals surface area contributed by atoms with Gasteiger partial charge >= 0.3 is 5.97 Å². The molecule has 3 aromatic rings. The van der Waals surface area contributed by atoms with Crippen molar-refractivity contribution < 1.29 is 37.5 Å². The van der Waals surface area contributed by atoms with Crippen LogP contribution in [0.4, 0.5) is 28.4 Å². The molecule has 0 fully saturated rings. The number of allylic oxidation sites excluding steroid dienone is 3. The van der Waals surface area contributed by atoms with Gasteiger partial charge in [0.1, 0.15) is 17.0 Å². The number of aliphatic imine (C=N–C) groups is 1. The predicted octanol–water partition coefficient (Wildman–Crippen LogP) is 4.93. The first-order valence-electron chi connectivity index (χ1n) is 11.8. The number of carbonyl (C=O) groups is 2. The molecule has 1 aliphatic rings. The van der Waals surface area contributed by atoms with E-state index >= 15 is 0 Å². The molecule has 15 heteroatoms. The molecule has 0 saturated carbocycles. The molecule has 0 aliphatic heterocycles. The maximum Gasteiger partial charge on any atom is 0.339 e. The zero-order valence-electron chi connectivity index (χ0n) is 21.7. The molecule has 0 saturated heterocycles. The number of azo groups is 1. The van der Waals surface area contributed by atoms with Gasteiger partial charge in [0.25, 0.3) is 16.1 Å². The van der Waals surface area contributed by atoms with Crippen LogP contribution in [0.2, 0.25) is 0 Å². The van der Waals surface area contributed by atoms with Crippen molar-refractivity contribution in [3.05, 3.63) is 90.5 Å². The zero-order chi connectivity index (χ0) is 30.3. The molecule has 14 nitrogen and oxygen atoms in total. The Morgan fingerprint density at radius 1 is 0.905 bits per heavy atom. The van der Waals surface area contributed by atoms with Gasteiger partial charge in [0.05, 0.1) is 34.8 Å². The van der Waals surface area contributed by atoms with E-state index in [1.165, 1.54) is 49.6 Å². The molecule has 214 valence electrons. The van der Waals surface area contributed by atoms with Crippen LogP contribution in [0.15, 0.2) is 116 Å². The van der Waals surface area contributed by atoms with Crippen molar-refractivity contribution >= 4 is 62.0 Å². The number of methoxy groups -OCH3 is 1. The molecular formula is C27H22N6O8S. The number of hydrazone groups is 1. The van der Waals surface area contributed by atoms with Crippen LogP contribution in [0, 0.1) is 0 Å². The molecule has 4 rings (SSSR count). The molecule has 1 aliphatic carbocycles. The molecule has 5 N–H and O–H groups in total. The minimum Gasteiger partial charge on any atom is -0.494 e. The monoisotopic (exact) mass is 590 g/mol. The summed E-state index contributed by atoms with van der Waals surface area (Å²) in [6.45, 7) is 0. The number of aliphatic hydroxyl groups excluding tert-OH is 1. The van der Waals surface area contributed by atoms with Gasteiger partial charge < -0.3 is 20.3 Å². The number of amidine groups is 1. The number of hydrogen-bond donors (Lipinski definition) is 5. The molecule has 3 aromatic carbocycles. The number of benzene rings is 3. The van der Waals surface area contributed by atoms with Crippen molar-refractivity contribution in [2.45, 2.75) is 4.90 Å². The second-order valence-electron chi connectivity index (χ2n) is 8.38. The number of carbonyl (C=O) groups excluding carboxylic acids is 1. The van der Waals surface area contributed by atoms with Crippen LogP contribution in [0.3, 0.4) is 0 Å². The van der Waals surface area contributed by atoms with E-state index in [0.29, 0.717) is 17.1 Å². The summed E-state index contributed by atoms with van der Waals surface area (Å²) < 4.78 is 37.1. The van der Waals surface area contributed by atoms with Gasteiger partial charge in [-0.25, -0.2) is 4.79 Å². The smallest absolute Gasteiger partial charge is 0.339 e. The predicted molar refractivity (Wildman–Crippen MR) is 154 cm³/mol. The third-order valence-electron chi connectivity index (χ3n) is 5.43. The molecular weight excluding hydrogens is 568 g/mol. The molecule has 0 unspecified atom stereocenters. The van der Waals surface area contributed by atoms with E-state index in [0.717, 1.165) is 12.2 Å². The van der Waals surface area contributed by atoms with E-state index in [9.17, 15) is 27.7 Å². The number of anilines is 2. The van der Waals surface area contributed by atoms with Crippen LogP contribution in [0.5, 0.6) is 5.75 Å². The molecule has 0 aromatic heterocycles. The van der Waals surface area contributed by atoms with Crippen molar-refractivity contribution in [1.82, 2.24) is 0 Å². The normalized spacial score (nSPS) is 14.6. The number of carboxylic acids is 1. The van der Waals surface area contributed by atoms with Gasteiger partial charge in [-0.3, -0.25) is 14.8 Å². The van der Waals surface area contributed by atoms with E-state index in [-0.39, 0.29) is 33.3 Å². The van der Waals surface area contributed by atoms with Gasteiger partial charge in [0.15, 0.2) is 5.78 Å². The summed E-state index contributed by atoms with van der Waals surface area (Å²) in [7, 11) is -2.97. The van der Waals surface area contributed by atoms with Gasteiger partial charge in [0.2, 0.25) is 0 Å². The summed E-state index contributed by atoms with van der Waals surface area (Å²) in [5.41, 5.74) is 4.50. The van der Waals surface area contributed by atoms with Crippen LogP contribution in [-0.2, 0) is 19.7 Å². The first kappa shape index (κ1) is 29.3. The average molecular weight is 591 g/mol. The SMILES string of the molecule is COc1cc(N=Nc2cccc(S(=O)(=O)O)c2)ccc1N=C(O)Nc1ccc(N/N=C2\C=CC(=O)C(C(=O)O)=C2)cc1. The van der Waals surface area contributed by atoms with Crippen molar-refractivity contribution in [2.75, 3.05) is 17.9 Å². The lowest BCUT2D eigenvalue weighted by atomic mass is 10.0. The quantitative estimate of drug-likeness (QED) is 0.0431. The third kappa shape index (κ3) is 7.71. The molecule has 0 atom stereocenters. The lowest BCUT2D eigenvalue weighted by molar-refractivity contribution is -0.134. The lowest BCUT2D eigenvalue weighted by Gasteiger charge is -2.09. The fraction of sp³-hybridized carbons (Fsp3) is 0.0370. The highest BCUT2D eigenvalue weighted by Gasteiger charge is 2.18. The first-order chi connectivity index (χ1) is 20.0. The minimum atomic E-state index is -4.38. The van der Waals surface area contributed by atoms with Gasteiger partial charge in [-0.1, -0.05) is 6.07 Å². The van der Waals surface area contributed by atoms with Gasteiger partial charge in [0, 0.05) is 11.8 Å². The molecule has 0 heterocycles. The Morgan fingerprint density at radius 2 is 1.60 bits per heavy atom. The van der Waals surface area contributed by atoms with Gasteiger partial charge in [-0.15, -0.1) is 0 Å². The number of ketones is 1. The summed E-state index contributed by atoms with van der Waals surface area (Å²) in [5.74, 6) is -1.68. The molecule has 0 radical (unpaired) electrons. The highest BCUT2D eigenvalue weighted by molar-refractivity contribution is 7.85. The number of carboxylic acid groups (broad SMARTS) is 1. The topological polar surface area (TPSA) is 212 Å². The Hall–Kier alpha value is -5.67. The number of hydrogen-bond acceptors (Lipinski definition) is 10. The van der Waals surface area contributed by atoms with Crippen LogP contribution in [0.25, 0.3) is 0 Å². The number of ether oxygens (including phenoxy) is 1. The Morgan fingerprint density at radius 3 is 2.26 bits per heavy atom. The van der Waals surface area contributed by atoms with E-state index < -0.39 is 27.9 Å². The standard InChI is InChI=1S/C27H22N6O8S/c1-41-25-15-20(33-31-18-3-2-4-21(13-18)42(38,39)40)9-11-23(25)29-27(37)28-16-5-7-17(8-6-16)30-32-19-10-12-24(34)22(14-19)26(35)36/h2-15,30H,1H3,(H,35,36)(H2,28,29,37)(H,38,39,40)/b32-19+,33-31?. The Balaban J connectivity index is 1.41. The largest absolute Gasteiger partial charge is 0.494 e. The van der Waals surface area contributed by atoms with Crippen LogP contribution in [-0.4, -0.2) is 53.8 Å². The van der Waals surface area contributed by atoms with Crippen molar-refractivity contribution in [2.24, 2.45) is 20.3 Å². The van der Waals surface area contributed by atoms with Gasteiger partial charge in [-0.05, 0) is 72.8 Å². The number of rotatable bonds is 9. The molecule has 0 bridgehead atoms. The Labute approximate surface area is 238 Å². The van der Waals surface area contributed by atoms with E-state index in [1.54, 1.807) is 30.3 Å². The van der Waals surface area contributed by atoms with Crippen LogP contribution < -0.4 is 15.5 Å². The Kier molecular flexibility index (Phi) is 8.84. The zero-order valence-corrected chi connectivity index (χ0v) is 22.5. The summed E-state index contributed by atoms with van der Waals surface area (Å²) in [6.07, 6.45) is 3.68. The van der Waals surface area contributed by atoms with E-state index in [4.69, 9.17) is 9.84 Å². The number of nitrogens with one attached hydrogen (secondary N) is 2. The maximum atomic E-state index is 11.6. The number of nitrogens with zero attached hydrogens (tertiary/aromatic N) is 4. The number of aliphatic hydroxyl groups is 1. The van der Waals surface area contributed by atoms with Crippen LogP contribution in [0.1, 0.15) is 0 Å². The second-order valence-corrected chi connectivity index (χ2v) is 9.80. The Bertz CT molecular complexity index is 1800. The summed E-state index contributed by atoms with van der Waals surface area (Å²) >= 11 is 0. The second kappa shape index (κ2) is 12.7. The van der Waals surface area contributed by atoms with Crippen LogP contribution >= 0.6 is 0 Å². The molecule has 0 spiro atoms. The van der Waals surface area contributed by atoms with E-state index in [2.05, 4.69) is 31.1 Å².